The normalized spacial score (nSPS) is 14.2. The van der Waals surface area contributed by atoms with Crippen molar-refractivity contribution in [3.8, 4) is 11.5 Å². The van der Waals surface area contributed by atoms with Crippen LogP contribution in [0.15, 0.2) is 61.2 Å². The lowest BCUT2D eigenvalue weighted by Gasteiger charge is -2.29. The fraction of sp³-hybridized carbons (Fsp3) is 0.622. The van der Waals surface area contributed by atoms with Gasteiger partial charge in [0.25, 0.3) is 0 Å². The maximum absolute atomic E-state index is 10.6. The summed E-state index contributed by atoms with van der Waals surface area (Å²) in [5.74, 6) is 1.62. The Bertz CT molecular complexity index is 945. The van der Waals surface area contributed by atoms with Crippen molar-refractivity contribution in [2.45, 2.75) is 134 Å². The Morgan fingerprint density at radius 2 is 1.05 bits per heavy atom. The van der Waals surface area contributed by atoms with Gasteiger partial charge in [0, 0.05) is 0 Å². The number of hydrogen-bond donors (Lipinski definition) is 2. The van der Waals surface area contributed by atoms with E-state index in [4.69, 9.17) is 18.9 Å². The number of aliphatic hydroxyl groups is 2. The average Bonchev–Trinajstić information content (AvgIpc) is 3.04. The highest BCUT2D eigenvalue weighted by molar-refractivity contribution is 5.27. The minimum absolute atomic E-state index is 0.141. The van der Waals surface area contributed by atoms with Crippen molar-refractivity contribution >= 4 is 0 Å². The van der Waals surface area contributed by atoms with E-state index in [2.05, 4.69) is 13.5 Å². The molecule has 0 fully saturated rings. The van der Waals surface area contributed by atoms with Gasteiger partial charge in [-0.2, -0.15) is 0 Å². The second-order valence-electron chi connectivity index (χ2n) is 11.6. The molecule has 0 aromatic heterocycles. The summed E-state index contributed by atoms with van der Waals surface area (Å²) in [5.41, 5.74) is 2.12. The van der Waals surface area contributed by atoms with Gasteiger partial charge in [-0.1, -0.05) is 101 Å². The maximum atomic E-state index is 10.6. The first-order valence-corrected chi connectivity index (χ1v) is 16.5. The molecule has 2 rings (SSSR count). The molecule has 0 bridgehead atoms. The first-order valence-electron chi connectivity index (χ1n) is 16.5. The number of ether oxygens (including phenoxy) is 4. The highest BCUT2D eigenvalue weighted by Gasteiger charge is 2.26. The van der Waals surface area contributed by atoms with Gasteiger partial charge in [-0.05, 0) is 61.1 Å². The topological polar surface area (TPSA) is 77.4 Å². The van der Waals surface area contributed by atoms with Gasteiger partial charge in [0.15, 0.2) is 0 Å². The lowest BCUT2D eigenvalue weighted by molar-refractivity contribution is -0.0985. The Morgan fingerprint density at radius 1 is 0.605 bits per heavy atom. The zero-order valence-electron chi connectivity index (χ0n) is 27.1. The molecule has 1 unspecified atom stereocenters. The molecule has 0 aliphatic heterocycles. The van der Waals surface area contributed by atoms with Crippen LogP contribution < -0.4 is 9.47 Å². The summed E-state index contributed by atoms with van der Waals surface area (Å²) in [4.78, 5) is 0. The van der Waals surface area contributed by atoms with E-state index in [0.29, 0.717) is 32.5 Å². The van der Waals surface area contributed by atoms with E-state index in [1.165, 1.54) is 57.8 Å². The van der Waals surface area contributed by atoms with Crippen molar-refractivity contribution in [3.05, 3.63) is 72.3 Å². The Morgan fingerprint density at radius 3 is 1.49 bits per heavy atom. The van der Waals surface area contributed by atoms with Crippen LogP contribution in [0.2, 0.25) is 0 Å². The fourth-order valence-electron chi connectivity index (χ4n) is 5.29. The van der Waals surface area contributed by atoms with Crippen molar-refractivity contribution in [1.29, 1.82) is 0 Å². The van der Waals surface area contributed by atoms with Crippen LogP contribution in [0.5, 0.6) is 11.5 Å². The number of methoxy groups -OCH3 is 2. The minimum Gasteiger partial charge on any atom is -0.497 e. The van der Waals surface area contributed by atoms with Crippen molar-refractivity contribution < 1.29 is 29.2 Å². The zero-order valence-corrected chi connectivity index (χ0v) is 27.1. The number of aliphatic hydroxyl groups excluding tert-OH is 2. The second kappa shape index (κ2) is 23.1. The summed E-state index contributed by atoms with van der Waals surface area (Å²) >= 11 is 0. The molecule has 0 saturated heterocycles. The lowest BCUT2D eigenvalue weighted by Crippen LogP contribution is -2.34. The zero-order chi connectivity index (χ0) is 31.1. The Hall–Kier alpha value is -2.38. The predicted octanol–water partition coefficient (Wildman–Crippen LogP) is 8.56. The minimum atomic E-state index is -0.843. The Kier molecular flexibility index (Phi) is 19.7. The van der Waals surface area contributed by atoms with Gasteiger partial charge in [-0.25, -0.2) is 0 Å². The van der Waals surface area contributed by atoms with Gasteiger partial charge in [0.05, 0.1) is 51.8 Å². The molecule has 43 heavy (non-hydrogen) atoms. The molecule has 0 heterocycles. The van der Waals surface area contributed by atoms with Gasteiger partial charge >= 0.3 is 0 Å². The standard InChI is InChI=1S/C37H58O6/c1-5-7-8-9-10-11-12-13-14-15-17-36(42-28-30-18-22-32(40-3)23-19-30)37(27-26-35(39)34(38)16-6-2)43-29-31-20-24-33(41-4)25-21-31/h6,18-25,34-39H,2,5,7-17,26-29H2,1,3-4H3/t34?,35-,36-,37-/m1/s1. The van der Waals surface area contributed by atoms with Crippen molar-refractivity contribution in [1.82, 2.24) is 0 Å². The predicted molar refractivity (Wildman–Crippen MR) is 176 cm³/mol. The molecule has 0 radical (unpaired) electrons. The van der Waals surface area contributed by atoms with Crippen LogP contribution in [0, 0.1) is 0 Å². The molecule has 242 valence electrons. The maximum Gasteiger partial charge on any atom is 0.118 e. The molecule has 2 aromatic rings. The van der Waals surface area contributed by atoms with Crippen LogP contribution in [-0.2, 0) is 22.7 Å². The van der Waals surface area contributed by atoms with Gasteiger partial charge in [-0.3, -0.25) is 0 Å². The molecule has 0 saturated carbocycles. The molecule has 6 heteroatoms. The van der Waals surface area contributed by atoms with Crippen LogP contribution in [0.4, 0.5) is 0 Å². The molecule has 2 aromatic carbocycles. The summed E-state index contributed by atoms with van der Waals surface area (Å²) in [6.45, 7) is 6.85. The van der Waals surface area contributed by atoms with Crippen LogP contribution in [0.1, 0.15) is 108 Å². The second-order valence-corrected chi connectivity index (χ2v) is 11.6. The number of unbranched alkanes of at least 4 members (excludes halogenated alkanes) is 9. The Balaban J connectivity index is 2.05. The molecular weight excluding hydrogens is 540 g/mol. The quantitative estimate of drug-likeness (QED) is 0.0834. The van der Waals surface area contributed by atoms with Crippen molar-refractivity contribution in [2.75, 3.05) is 14.2 Å². The van der Waals surface area contributed by atoms with E-state index in [1.54, 1.807) is 20.3 Å². The first kappa shape index (κ1) is 36.8. The van der Waals surface area contributed by atoms with Crippen LogP contribution in [-0.4, -0.2) is 48.8 Å². The van der Waals surface area contributed by atoms with E-state index >= 15 is 0 Å². The lowest BCUT2D eigenvalue weighted by atomic mass is 9.97. The third-order valence-corrected chi connectivity index (χ3v) is 8.10. The summed E-state index contributed by atoms with van der Waals surface area (Å²) in [7, 11) is 3.32. The first-order chi connectivity index (χ1) is 21.0. The van der Waals surface area contributed by atoms with Crippen LogP contribution in [0.3, 0.4) is 0 Å². The molecule has 4 atom stereocenters. The Labute approximate surface area is 261 Å². The highest BCUT2D eigenvalue weighted by atomic mass is 16.5. The van der Waals surface area contributed by atoms with Gasteiger partial charge < -0.3 is 29.2 Å². The van der Waals surface area contributed by atoms with E-state index < -0.39 is 12.2 Å². The fourth-order valence-corrected chi connectivity index (χ4v) is 5.29. The molecule has 2 N–H and O–H groups in total. The summed E-state index contributed by atoms with van der Waals surface area (Å²) in [6, 6.07) is 15.8. The van der Waals surface area contributed by atoms with Gasteiger partial charge in [0.1, 0.15) is 11.5 Å². The van der Waals surface area contributed by atoms with Crippen LogP contribution >= 0.6 is 0 Å². The number of benzene rings is 2. The largest absolute Gasteiger partial charge is 0.497 e. The highest BCUT2D eigenvalue weighted by Crippen LogP contribution is 2.24. The molecule has 6 nitrogen and oxygen atoms in total. The smallest absolute Gasteiger partial charge is 0.118 e. The van der Waals surface area contributed by atoms with Gasteiger partial charge in [-0.15, -0.1) is 6.58 Å². The third kappa shape index (κ3) is 15.8. The SMILES string of the molecule is C=CCC(O)[C@H](O)CC[C@@H](OCc1ccc(OC)cc1)[C@@H](CCCCCCCCCCCC)OCc1ccc(OC)cc1. The molecule has 0 aliphatic carbocycles. The van der Waals surface area contributed by atoms with Crippen molar-refractivity contribution in [2.24, 2.45) is 0 Å². The third-order valence-electron chi connectivity index (χ3n) is 8.10. The van der Waals surface area contributed by atoms with E-state index in [0.717, 1.165) is 35.5 Å². The van der Waals surface area contributed by atoms with E-state index in [9.17, 15) is 10.2 Å². The monoisotopic (exact) mass is 598 g/mol. The molecule has 0 spiro atoms. The van der Waals surface area contributed by atoms with Crippen LogP contribution in [0.25, 0.3) is 0 Å². The van der Waals surface area contributed by atoms with Gasteiger partial charge in [0.2, 0.25) is 0 Å². The molecular formula is C37H58O6. The molecule has 0 aliphatic rings. The molecule has 0 amide bonds. The number of hydrogen-bond acceptors (Lipinski definition) is 6. The van der Waals surface area contributed by atoms with Crippen molar-refractivity contribution in [3.63, 3.8) is 0 Å². The number of rotatable bonds is 26. The summed E-state index contributed by atoms with van der Waals surface area (Å²) < 4.78 is 23.7. The van der Waals surface area contributed by atoms with E-state index in [-0.39, 0.29) is 12.2 Å². The summed E-state index contributed by atoms with van der Waals surface area (Å²) in [5, 5.41) is 20.9. The summed E-state index contributed by atoms with van der Waals surface area (Å²) in [6.07, 6.45) is 14.6. The van der Waals surface area contributed by atoms with E-state index in [1.807, 2.05) is 48.5 Å². The average molecular weight is 599 g/mol.